The van der Waals surface area contributed by atoms with Crippen molar-refractivity contribution in [1.29, 1.82) is 0 Å². The number of carbonyl (C=O) groups is 1. The maximum Gasteiger partial charge on any atom is 0.236 e. The van der Waals surface area contributed by atoms with Crippen LogP contribution in [0.15, 0.2) is 16.6 Å². The van der Waals surface area contributed by atoms with Gasteiger partial charge in [0.1, 0.15) is 0 Å². The molecule has 0 spiro atoms. The highest BCUT2D eigenvalue weighted by molar-refractivity contribution is 9.10. The maximum absolute atomic E-state index is 12.8. The van der Waals surface area contributed by atoms with Gasteiger partial charge in [-0.2, -0.15) is 0 Å². The molecule has 1 aromatic rings. The lowest BCUT2D eigenvalue weighted by Crippen LogP contribution is -2.51. The quantitative estimate of drug-likeness (QED) is 0.596. The molecule has 2 aliphatic heterocycles. The van der Waals surface area contributed by atoms with Crippen LogP contribution in [-0.2, 0) is 11.3 Å². The molecule has 2 aliphatic rings. The van der Waals surface area contributed by atoms with Gasteiger partial charge in [0.25, 0.3) is 0 Å². The first-order chi connectivity index (χ1) is 14.4. The van der Waals surface area contributed by atoms with Crippen LogP contribution in [0.3, 0.4) is 0 Å². The van der Waals surface area contributed by atoms with E-state index in [0.29, 0.717) is 30.9 Å². The van der Waals surface area contributed by atoms with Gasteiger partial charge in [-0.3, -0.25) is 14.6 Å². The fraction of sp³-hybridized carbons (Fsp3) is 0.696. The van der Waals surface area contributed by atoms with Crippen molar-refractivity contribution in [2.45, 2.75) is 33.7 Å². The topological polar surface area (TPSA) is 45.2 Å². The zero-order chi connectivity index (χ0) is 21.7. The van der Waals surface area contributed by atoms with Gasteiger partial charge in [0, 0.05) is 45.8 Å². The zero-order valence-electron chi connectivity index (χ0n) is 18.8. The van der Waals surface area contributed by atoms with Gasteiger partial charge in [-0.1, -0.05) is 13.8 Å². The Hall–Kier alpha value is -1.31. The summed E-state index contributed by atoms with van der Waals surface area (Å²) in [6, 6.07) is 4.18. The molecule has 3 rings (SSSR count). The molecular weight excluding hydrogens is 446 g/mol. The van der Waals surface area contributed by atoms with Gasteiger partial charge in [-0.25, -0.2) is 0 Å². The van der Waals surface area contributed by atoms with Gasteiger partial charge in [-0.05, 0) is 58.8 Å². The van der Waals surface area contributed by atoms with E-state index < -0.39 is 0 Å². The molecule has 0 aromatic heterocycles. The maximum atomic E-state index is 12.8. The molecule has 0 saturated carbocycles. The fourth-order valence-corrected chi connectivity index (χ4v) is 5.35. The van der Waals surface area contributed by atoms with Crippen LogP contribution in [0.4, 0.5) is 0 Å². The predicted molar refractivity (Wildman–Crippen MR) is 123 cm³/mol. The normalized spacial score (nSPS) is 23.4. The summed E-state index contributed by atoms with van der Waals surface area (Å²) in [6.07, 6.45) is 1.23. The summed E-state index contributed by atoms with van der Waals surface area (Å²) < 4.78 is 12.1. The first kappa shape index (κ1) is 23.4. The Labute approximate surface area is 189 Å². The predicted octanol–water partition coefficient (Wildman–Crippen LogP) is 3.48. The van der Waals surface area contributed by atoms with Crippen molar-refractivity contribution in [2.24, 2.45) is 11.8 Å². The Morgan fingerprint density at radius 2 is 1.73 bits per heavy atom. The van der Waals surface area contributed by atoms with Crippen molar-refractivity contribution in [2.75, 3.05) is 59.5 Å². The van der Waals surface area contributed by atoms with Crippen molar-refractivity contribution >= 4 is 21.8 Å². The van der Waals surface area contributed by atoms with Crippen molar-refractivity contribution in [1.82, 2.24) is 14.7 Å². The number of ether oxygens (including phenoxy) is 2. The molecule has 0 aliphatic carbocycles. The number of hydrogen-bond donors (Lipinski definition) is 0. The second kappa shape index (κ2) is 10.8. The number of benzene rings is 1. The first-order valence-electron chi connectivity index (χ1n) is 11.1. The summed E-state index contributed by atoms with van der Waals surface area (Å²) in [5.74, 6) is 3.03. The molecule has 6 nitrogen and oxygen atoms in total. The summed E-state index contributed by atoms with van der Waals surface area (Å²) in [4.78, 5) is 19.6. The van der Waals surface area contributed by atoms with E-state index in [1.54, 1.807) is 7.11 Å². The van der Waals surface area contributed by atoms with E-state index in [1.807, 2.05) is 6.92 Å². The molecule has 0 N–H and O–H groups in total. The number of carbonyl (C=O) groups excluding carboxylic acids is 1. The molecule has 0 radical (unpaired) electrons. The van der Waals surface area contributed by atoms with E-state index >= 15 is 0 Å². The average Bonchev–Trinajstić information content (AvgIpc) is 2.69. The van der Waals surface area contributed by atoms with E-state index in [9.17, 15) is 4.79 Å². The minimum atomic E-state index is 0.294. The lowest BCUT2D eigenvalue weighted by atomic mass is 9.92. The summed E-state index contributed by atoms with van der Waals surface area (Å²) >= 11 is 3.60. The molecule has 2 atom stereocenters. The van der Waals surface area contributed by atoms with Gasteiger partial charge in [0.05, 0.1) is 24.7 Å². The van der Waals surface area contributed by atoms with Crippen molar-refractivity contribution in [3.05, 3.63) is 22.2 Å². The molecule has 1 amide bonds. The van der Waals surface area contributed by atoms with Crippen molar-refractivity contribution < 1.29 is 14.3 Å². The number of nitrogens with zero attached hydrogens (tertiary/aromatic N) is 3. The molecule has 0 bridgehead atoms. The third kappa shape index (κ3) is 6.11. The Balaban J connectivity index is 1.50. The Morgan fingerprint density at radius 1 is 1.10 bits per heavy atom. The third-order valence-electron chi connectivity index (χ3n) is 6.02. The number of hydrogen-bond acceptors (Lipinski definition) is 5. The van der Waals surface area contributed by atoms with E-state index in [-0.39, 0.29) is 0 Å². The highest BCUT2D eigenvalue weighted by atomic mass is 79.9. The van der Waals surface area contributed by atoms with Crippen LogP contribution in [-0.4, -0.2) is 80.1 Å². The lowest BCUT2D eigenvalue weighted by Gasteiger charge is -2.38. The minimum absolute atomic E-state index is 0.294. The second-order valence-electron chi connectivity index (χ2n) is 8.84. The monoisotopic (exact) mass is 481 g/mol. The zero-order valence-corrected chi connectivity index (χ0v) is 20.4. The van der Waals surface area contributed by atoms with Gasteiger partial charge >= 0.3 is 0 Å². The standard InChI is InChI=1S/C23H36BrN3O3/c1-5-30-21-12-19(11-20(24)23(21)29-4)15-25-6-8-26(9-7-25)16-22(28)27-13-17(2)10-18(3)14-27/h11-12,17-18H,5-10,13-16H2,1-4H3/t17-,18+. The molecule has 30 heavy (non-hydrogen) atoms. The number of likely N-dealkylation sites (tertiary alicyclic amines) is 1. The van der Waals surface area contributed by atoms with E-state index in [4.69, 9.17) is 9.47 Å². The first-order valence-corrected chi connectivity index (χ1v) is 11.9. The number of piperazine rings is 1. The molecule has 2 saturated heterocycles. The highest BCUT2D eigenvalue weighted by Gasteiger charge is 2.27. The smallest absolute Gasteiger partial charge is 0.236 e. The third-order valence-corrected chi connectivity index (χ3v) is 6.61. The van der Waals surface area contributed by atoms with Crippen LogP contribution in [0, 0.1) is 11.8 Å². The van der Waals surface area contributed by atoms with Gasteiger partial charge in [0.2, 0.25) is 5.91 Å². The SMILES string of the molecule is CCOc1cc(CN2CCN(CC(=O)N3C[C@H](C)C[C@H](C)C3)CC2)cc(Br)c1OC. The second-order valence-corrected chi connectivity index (χ2v) is 9.69. The number of halogens is 1. The van der Waals surface area contributed by atoms with Crippen LogP contribution >= 0.6 is 15.9 Å². The largest absolute Gasteiger partial charge is 0.492 e. The lowest BCUT2D eigenvalue weighted by molar-refractivity contribution is -0.135. The molecule has 1 aromatic carbocycles. The highest BCUT2D eigenvalue weighted by Crippen LogP contribution is 2.37. The van der Waals surface area contributed by atoms with Crippen LogP contribution in [0.1, 0.15) is 32.8 Å². The van der Waals surface area contributed by atoms with Gasteiger partial charge in [0.15, 0.2) is 11.5 Å². The Morgan fingerprint density at radius 3 is 2.33 bits per heavy atom. The van der Waals surface area contributed by atoms with Crippen LogP contribution < -0.4 is 9.47 Å². The van der Waals surface area contributed by atoms with Crippen LogP contribution in [0.5, 0.6) is 11.5 Å². The molecule has 0 unspecified atom stereocenters. The van der Waals surface area contributed by atoms with Crippen molar-refractivity contribution in [3.8, 4) is 11.5 Å². The van der Waals surface area contributed by atoms with E-state index in [0.717, 1.165) is 61.8 Å². The number of rotatable bonds is 7. The van der Waals surface area contributed by atoms with E-state index in [2.05, 4.69) is 56.6 Å². The molecular formula is C23H36BrN3O3. The van der Waals surface area contributed by atoms with E-state index in [1.165, 1.54) is 12.0 Å². The number of methoxy groups -OCH3 is 1. The van der Waals surface area contributed by atoms with Crippen LogP contribution in [0.25, 0.3) is 0 Å². The number of amides is 1. The van der Waals surface area contributed by atoms with Gasteiger partial charge in [-0.15, -0.1) is 0 Å². The van der Waals surface area contributed by atoms with Crippen molar-refractivity contribution in [3.63, 3.8) is 0 Å². The summed E-state index contributed by atoms with van der Waals surface area (Å²) in [6.45, 7) is 14.1. The summed E-state index contributed by atoms with van der Waals surface area (Å²) in [5, 5.41) is 0. The molecule has 2 fully saturated rings. The van der Waals surface area contributed by atoms with Gasteiger partial charge < -0.3 is 14.4 Å². The molecule has 168 valence electrons. The average molecular weight is 482 g/mol. The minimum Gasteiger partial charge on any atom is -0.492 e. The summed E-state index contributed by atoms with van der Waals surface area (Å²) in [7, 11) is 1.66. The summed E-state index contributed by atoms with van der Waals surface area (Å²) in [5.41, 5.74) is 1.20. The van der Waals surface area contributed by atoms with Crippen LogP contribution in [0.2, 0.25) is 0 Å². The Bertz CT molecular complexity index is 712. The number of piperidine rings is 1. The molecule has 2 heterocycles. The molecule has 7 heteroatoms. The fourth-order valence-electron chi connectivity index (χ4n) is 4.70. The Kier molecular flexibility index (Phi) is 8.43.